The van der Waals surface area contributed by atoms with Crippen LogP contribution < -0.4 is 5.32 Å². The molecule has 1 heterocycles. The molecule has 0 aliphatic carbocycles. The molecule has 1 aromatic carbocycles. The Morgan fingerprint density at radius 2 is 2.14 bits per heavy atom. The van der Waals surface area contributed by atoms with Crippen LogP contribution in [0.25, 0.3) is 0 Å². The average molecular weight is 294 g/mol. The lowest BCUT2D eigenvalue weighted by Gasteiger charge is -2.34. The fraction of sp³-hybridized carbons (Fsp3) is 0.467. The minimum atomic E-state index is -1.14. The van der Waals surface area contributed by atoms with Crippen LogP contribution in [0.5, 0.6) is 0 Å². The summed E-state index contributed by atoms with van der Waals surface area (Å²) in [5.74, 6) is -0.422. The van der Waals surface area contributed by atoms with Crippen LogP contribution in [-0.4, -0.2) is 34.1 Å². The van der Waals surface area contributed by atoms with Gasteiger partial charge in [0.2, 0.25) is 5.91 Å². The maximum atomic E-state index is 13.9. The molecule has 1 aliphatic heterocycles. The number of hydrogen-bond donors (Lipinski definition) is 2. The summed E-state index contributed by atoms with van der Waals surface area (Å²) in [5.41, 5.74) is -0.315. The number of likely N-dealkylation sites (tertiary alicyclic amines) is 1. The second-order valence-corrected chi connectivity index (χ2v) is 5.91. The van der Waals surface area contributed by atoms with Gasteiger partial charge in [-0.25, -0.2) is 9.18 Å². The largest absolute Gasteiger partial charge is 0.465 e. The third-order valence-corrected chi connectivity index (χ3v) is 3.60. The molecule has 1 aromatic rings. The Morgan fingerprint density at radius 3 is 2.76 bits per heavy atom. The van der Waals surface area contributed by atoms with Crippen LogP contribution in [0.3, 0.4) is 0 Å². The molecule has 1 fully saturated rings. The molecule has 5 nitrogen and oxygen atoms in total. The minimum absolute atomic E-state index is 0.0801. The number of carbonyl (C=O) groups excluding carboxylic acids is 1. The van der Waals surface area contributed by atoms with Gasteiger partial charge in [0.1, 0.15) is 5.82 Å². The number of nitrogens with one attached hydrogen (secondary N) is 1. The van der Waals surface area contributed by atoms with Crippen LogP contribution >= 0.6 is 0 Å². The Morgan fingerprint density at radius 1 is 1.48 bits per heavy atom. The van der Waals surface area contributed by atoms with Crippen molar-refractivity contribution in [3.05, 3.63) is 35.6 Å². The van der Waals surface area contributed by atoms with E-state index in [0.717, 1.165) is 0 Å². The predicted molar refractivity (Wildman–Crippen MR) is 75.3 cm³/mol. The van der Waals surface area contributed by atoms with Gasteiger partial charge in [-0.05, 0) is 26.3 Å². The Hall–Kier alpha value is -2.11. The van der Waals surface area contributed by atoms with Crippen molar-refractivity contribution in [1.82, 2.24) is 10.2 Å². The zero-order chi connectivity index (χ0) is 15.6. The molecular weight excluding hydrogens is 275 g/mol. The van der Waals surface area contributed by atoms with Crippen molar-refractivity contribution < 1.29 is 19.1 Å². The van der Waals surface area contributed by atoms with Gasteiger partial charge in [0.25, 0.3) is 0 Å². The molecule has 6 heteroatoms. The highest BCUT2D eigenvalue weighted by Crippen LogP contribution is 2.35. The lowest BCUT2D eigenvalue weighted by atomic mass is 10.0. The first-order valence-electron chi connectivity index (χ1n) is 6.85. The summed E-state index contributed by atoms with van der Waals surface area (Å²) >= 11 is 0. The molecule has 1 atom stereocenters. The van der Waals surface area contributed by atoms with E-state index in [1.165, 1.54) is 6.07 Å². The summed E-state index contributed by atoms with van der Waals surface area (Å²) in [6, 6.07) is 6.05. The lowest BCUT2D eigenvalue weighted by molar-refractivity contribution is -0.129. The van der Waals surface area contributed by atoms with Crippen LogP contribution in [0.2, 0.25) is 0 Å². The van der Waals surface area contributed by atoms with Gasteiger partial charge in [0.05, 0.1) is 11.6 Å². The van der Waals surface area contributed by atoms with Gasteiger partial charge in [0, 0.05) is 18.5 Å². The highest BCUT2D eigenvalue weighted by molar-refractivity contribution is 5.79. The number of carbonyl (C=O) groups is 2. The third kappa shape index (κ3) is 3.51. The number of carboxylic acid groups (broad SMARTS) is 1. The predicted octanol–water partition coefficient (Wildman–Crippen LogP) is 2.54. The first-order valence-corrected chi connectivity index (χ1v) is 6.85. The van der Waals surface area contributed by atoms with Crippen molar-refractivity contribution >= 4 is 12.0 Å². The fourth-order valence-electron chi connectivity index (χ4n) is 2.76. The maximum absolute atomic E-state index is 13.9. The SMILES string of the molecule is CC(C)(CN1C(=O)CCC1c1ccccc1F)NC(=O)O. The van der Waals surface area contributed by atoms with Crippen molar-refractivity contribution in [3.63, 3.8) is 0 Å². The molecule has 2 amide bonds. The normalized spacial score (nSPS) is 18.9. The molecule has 1 aliphatic rings. The summed E-state index contributed by atoms with van der Waals surface area (Å²) in [7, 11) is 0. The summed E-state index contributed by atoms with van der Waals surface area (Å²) in [4.78, 5) is 24.4. The molecule has 0 aromatic heterocycles. The minimum Gasteiger partial charge on any atom is -0.465 e. The maximum Gasteiger partial charge on any atom is 0.405 e. The molecule has 1 unspecified atom stereocenters. The van der Waals surface area contributed by atoms with Crippen molar-refractivity contribution in [2.24, 2.45) is 0 Å². The second kappa shape index (κ2) is 5.71. The summed E-state index contributed by atoms with van der Waals surface area (Å²) in [6.07, 6.45) is -0.250. The quantitative estimate of drug-likeness (QED) is 0.896. The number of rotatable bonds is 4. The highest BCUT2D eigenvalue weighted by atomic mass is 19.1. The Bertz CT molecular complexity index is 560. The third-order valence-electron chi connectivity index (χ3n) is 3.60. The summed E-state index contributed by atoms with van der Waals surface area (Å²) in [5, 5.41) is 11.2. The van der Waals surface area contributed by atoms with Crippen molar-refractivity contribution in [2.75, 3.05) is 6.54 Å². The zero-order valence-corrected chi connectivity index (χ0v) is 12.1. The van der Waals surface area contributed by atoms with E-state index >= 15 is 0 Å². The van der Waals surface area contributed by atoms with E-state index in [1.807, 2.05) is 0 Å². The molecule has 114 valence electrons. The monoisotopic (exact) mass is 294 g/mol. The van der Waals surface area contributed by atoms with E-state index in [9.17, 15) is 14.0 Å². The van der Waals surface area contributed by atoms with E-state index in [1.54, 1.807) is 36.9 Å². The van der Waals surface area contributed by atoms with Crippen LogP contribution in [0.4, 0.5) is 9.18 Å². The van der Waals surface area contributed by atoms with E-state index in [2.05, 4.69) is 5.32 Å². The summed E-state index contributed by atoms with van der Waals surface area (Å²) in [6.45, 7) is 3.60. The Kier molecular flexibility index (Phi) is 4.16. The molecule has 2 rings (SSSR count). The van der Waals surface area contributed by atoms with Gasteiger partial charge in [-0.1, -0.05) is 18.2 Å². The lowest BCUT2D eigenvalue weighted by Crippen LogP contribution is -2.51. The number of benzene rings is 1. The first kappa shape index (κ1) is 15.3. The number of hydrogen-bond acceptors (Lipinski definition) is 2. The van der Waals surface area contributed by atoms with Gasteiger partial charge in [-0.3, -0.25) is 4.79 Å². The van der Waals surface area contributed by atoms with Gasteiger partial charge in [-0.15, -0.1) is 0 Å². The average Bonchev–Trinajstić information content (AvgIpc) is 2.69. The van der Waals surface area contributed by atoms with Crippen molar-refractivity contribution in [3.8, 4) is 0 Å². The van der Waals surface area contributed by atoms with Gasteiger partial charge >= 0.3 is 6.09 Å². The van der Waals surface area contributed by atoms with Crippen molar-refractivity contribution in [1.29, 1.82) is 0 Å². The molecule has 0 radical (unpaired) electrons. The van der Waals surface area contributed by atoms with Crippen LogP contribution in [0, 0.1) is 5.82 Å². The van der Waals surface area contributed by atoms with Gasteiger partial charge in [0.15, 0.2) is 0 Å². The molecule has 21 heavy (non-hydrogen) atoms. The fourth-order valence-corrected chi connectivity index (χ4v) is 2.76. The number of nitrogens with zero attached hydrogens (tertiary/aromatic N) is 1. The number of halogens is 1. The molecular formula is C15H19FN2O3. The van der Waals surface area contributed by atoms with Crippen LogP contribution in [0.1, 0.15) is 38.3 Å². The van der Waals surface area contributed by atoms with E-state index in [0.29, 0.717) is 18.4 Å². The molecule has 0 bridgehead atoms. The highest BCUT2D eigenvalue weighted by Gasteiger charge is 2.37. The molecule has 0 saturated carbocycles. The standard InChI is InChI=1S/C15H19FN2O3/c1-15(2,17-14(20)21)9-18-12(7-8-13(18)19)10-5-3-4-6-11(10)16/h3-6,12,17H,7-9H2,1-2H3,(H,20,21). The Balaban J connectivity index is 2.22. The molecule has 1 saturated heterocycles. The second-order valence-electron chi connectivity index (χ2n) is 5.91. The van der Waals surface area contributed by atoms with Crippen LogP contribution in [-0.2, 0) is 4.79 Å². The molecule has 2 N–H and O–H groups in total. The van der Waals surface area contributed by atoms with E-state index < -0.39 is 11.6 Å². The van der Waals surface area contributed by atoms with Crippen molar-refractivity contribution in [2.45, 2.75) is 38.3 Å². The van der Waals surface area contributed by atoms with E-state index in [4.69, 9.17) is 5.11 Å². The number of amides is 2. The molecule has 0 spiro atoms. The zero-order valence-electron chi connectivity index (χ0n) is 12.1. The van der Waals surface area contributed by atoms with Gasteiger partial charge < -0.3 is 15.3 Å². The smallest absolute Gasteiger partial charge is 0.405 e. The topological polar surface area (TPSA) is 69.6 Å². The Labute approximate surface area is 122 Å². The first-order chi connectivity index (χ1) is 9.80. The van der Waals surface area contributed by atoms with Gasteiger partial charge in [-0.2, -0.15) is 0 Å². The van der Waals surface area contributed by atoms with Crippen LogP contribution in [0.15, 0.2) is 24.3 Å². The van der Waals surface area contributed by atoms with E-state index in [-0.39, 0.29) is 24.3 Å². The summed E-state index contributed by atoms with van der Waals surface area (Å²) < 4.78 is 13.9.